The summed E-state index contributed by atoms with van der Waals surface area (Å²) in [6.07, 6.45) is 1.37. The van der Waals surface area contributed by atoms with E-state index in [1.807, 2.05) is 13.8 Å². The largest absolute Gasteiger partial charge is 0.388 e. The van der Waals surface area contributed by atoms with Gasteiger partial charge in [-0.25, -0.2) is 4.58 Å². The smallest absolute Gasteiger partial charge is 0.315 e. The summed E-state index contributed by atoms with van der Waals surface area (Å²) in [5.41, 5.74) is 6.23. The molecule has 0 saturated carbocycles. The number of ether oxygens (including phenoxy) is 1. The zero-order valence-electron chi connectivity index (χ0n) is 13.0. The predicted molar refractivity (Wildman–Crippen MR) is 84.4 cm³/mol. The van der Waals surface area contributed by atoms with Gasteiger partial charge in [-0.1, -0.05) is 23.8 Å². The van der Waals surface area contributed by atoms with Crippen LogP contribution in [0.3, 0.4) is 0 Å². The minimum atomic E-state index is -1.02. The molecule has 3 heterocycles. The monoisotopic (exact) mass is 321 g/mol. The summed E-state index contributed by atoms with van der Waals surface area (Å²) < 4.78 is 7.36. The van der Waals surface area contributed by atoms with E-state index in [0.717, 1.165) is 0 Å². The average molecular weight is 321 g/mol. The molecule has 0 bridgehead atoms. The highest BCUT2D eigenvalue weighted by molar-refractivity contribution is 5.81. The summed E-state index contributed by atoms with van der Waals surface area (Å²) >= 11 is 0. The standard InChI is InChI=1S/C14H21N6O3/c1-7(2)16-3-8-11(21)12(22)9(23-8)4-20-6-19-10-13(15)17-5-18-14(10)20/h4-9,11-12,16,21-22H,3H2,1-2H3,(H2,15,17,18)/q+1. The molecule has 23 heavy (non-hydrogen) atoms. The molecule has 1 fully saturated rings. The molecule has 1 aromatic rings. The Labute approximate surface area is 133 Å². The van der Waals surface area contributed by atoms with Gasteiger partial charge in [-0.3, -0.25) is 0 Å². The van der Waals surface area contributed by atoms with Gasteiger partial charge in [-0.2, -0.15) is 4.98 Å². The molecule has 9 nitrogen and oxygen atoms in total. The van der Waals surface area contributed by atoms with Crippen LogP contribution in [0.15, 0.2) is 11.3 Å². The number of aliphatic imine (C=N–C) groups is 1. The number of nitrogen functional groups attached to an aromatic ring is 1. The predicted octanol–water partition coefficient (Wildman–Crippen LogP) is -1.07. The van der Waals surface area contributed by atoms with Gasteiger partial charge in [0.25, 0.3) is 5.69 Å². The van der Waals surface area contributed by atoms with E-state index in [9.17, 15) is 10.2 Å². The van der Waals surface area contributed by atoms with Crippen molar-refractivity contribution in [3.63, 3.8) is 0 Å². The van der Waals surface area contributed by atoms with Crippen LogP contribution >= 0.6 is 0 Å². The van der Waals surface area contributed by atoms with Crippen molar-refractivity contribution >= 4 is 29.9 Å². The van der Waals surface area contributed by atoms with Crippen LogP contribution in [-0.4, -0.2) is 74.3 Å². The molecule has 0 amide bonds. The number of aliphatic hydroxyl groups is 2. The topological polar surface area (TPSA) is 129 Å². The number of anilines is 1. The van der Waals surface area contributed by atoms with Gasteiger partial charge in [0.1, 0.15) is 18.3 Å². The van der Waals surface area contributed by atoms with Crippen LogP contribution in [0.5, 0.6) is 0 Å². The highest BCUT2D eigenvalue weighted by Crippen LogP contribution is 2.33. The Bertz CT molecular complexity index is 647. The van der Waals surface area contributed by atoms with Gasteiger partial charge in [-0.15, -0.1) is 0 Å². The van der Waals surface area contributed by atoms with Crippen LogP contribution in [0.1, 0.15) is 13.8 Å². The Balaban J connectivity index is 1.77. The Hall–Kier alpha value is -1.94. The van der Waals surface area contributed by atoms with Crippen LogP contribution in [0.25, 0.3) is 0 Å². The maximum atomic E-state index is 10.2. The van der Waals surface area contributed by atoms with Crippen molar-refractivity contribution in [1.29, 1.82) is 0 Å². The minimum absolute atomic E-state index is 0.267. The molecule has 3 rings (SSSR count). The van der Waals surface area contributed by atoms with E-state index < -0.39 is 24.4 Å². The number of aromatic nitrogens is 2. The molecule has 0 radical (unpaired) electrons. The second kappa shape index (κ2) is 6.28. The van der Waals surface area contributed by atoms with Gasteiger partial charge >= 0.3 is 5.82 Å². The molecular formula is C14H21N6O3+. The highest BCUT2D eigenvalue weighted by Gasteiger charge is 2.43. The van der Waals surface area contributed by atoms with Crippen molar-refractivity contribution in [3.8, 4) is 0 Å². The summed E-state index contributed by atoms with van der Waals surface area (Å²) in [6.45, 7) is 4.46. The fourth-order valence-corrected chi connectivity index (χ4v) is 2.56. The molecule has 2 aliphatic heterocycles. The summed E-state index contributed by atoms with van der Waals surface area (Å²) in [5.74, 6) is 0.806. The number of hydrogen-bond acceptors (Lipinski definition) is 8. The number of fused-ring (bicyclic) bond motifs is 1. The first-order chi connectivity index (χ1) is 11.0. The SMILES string of the molecule is CC(C)NCC1OC(C=[N+]2C=Nc3c(N)ncnc32)C(O)C1O. The summed E-state index contributed by atoms with van der Waals surface area (Å²) in [4.78, 5) is 12.2. The first-order valence-corrected chi connectivity index (χ1v) is 7.50. The van der Waals surface area contributed by atoms with Crippen LogP contribution in [0, 0.1) is 0 Å². The van der Waals surface area contributed by atoms with E-state index in [4.69, 9.17) is 10.5 Å². The lowest BCUT2D eigenvalue weighted by Crippen LogP contribution is -2.40. The van der Waals surface area contributed by atoms with Crippen LogP contribution in [-0.2, 0) is 4.74 Å². The van der Waals surface area contributed by atoms with E-state index in [0.29, 0.717) is 18.1 Å². The average Bonchev–Trinajstić information content (AvgIpc) is 3.03. The highest BCUT2D eigenvalue weighted by atomic mass is 16.5. The third-order valence-corrected chi connectivity index (χ3v) is 3.82. The molecule has 0 spiro atoms. The van der Waals surface area contributed by atoms with Crippen LogP contribution < -0.4 is 11.1 Å². The van der Waals surface area contributed by atoms with Gasteiger partial charge in [0.15, 0.2) is 12.1 Å². The Morgan fingerprint density at radius 3 is 2.91 bits per heavy atom. The lowest BCUT2D eigenvalue weighted by molar-refractivity contribution is -0.294. The summed E-state index contributed by atoms with van der Waals surface area (Å²) in [5, 5.41) is 23.5. The third kappa shape index (κ3) is 3.08. The fourth-order valence-electron chi connectivity index (χ4n) is 2.56. The number of hydrogen-bond donors (Lipinski definition) is 4. The number of nitrogens with one attached hydrogen (secondary N) is 1. The molecule has 4 atom stereocenters. The second-order valence-electron chi connectivity index (χ2n) is 5.92. The summed E-state index contributed by atoms with van der Waals surface area (Å²) in [6, 6.07) is 0.267. The first-order valence-electron chi connectivity index (χ1n) is 7.50. The van der Waals surface area contributed by atoms with Gasteiger partial charge in [0, 0.05) is 12.6 Å². The van der Waals surface area contributed by atoms with Gasteiger partial charge in [0.2, 0.25) is 6.34 Å². The van der Waals surface area contributed by atoms with Crippen LogP contribution in [0.4, 0.5) is 17.3 Å². The van der Waals surface area contributed by atoms with E-state index in [2.05, 4.69) is 20.3 Å². The van der Waals surface area contributed by atoms with Crippen molar-refractivity contribution in [3.05, 3.63) is 6.33 Å². The van der Waals surface area contributed by atoms with E-state index >= 15 is 0 Å². The zero-order chi connectivity index (χ0) is 16.6. The molecule has 1 saturated heterocycles. The van der Waals surface area contributed by atoms with E-state index in [-0.39, 0.29) is 11.9 Å². The molecule has 5 N–H and O–H groups in total. The van der Waals surface area contributed by atoms with Crippen LogP contribution in [0.2, 0.25) is 0 Å². The molecule has 1 aromatic heterocycles. The van der Waals surface area contributed by atoms with Crippen molar-refractivity contribution in [2.75, 3.05) is 12.3 Å². The van der Waals surface area contributed by atoms with Gasteiger partial charge in [0.05, 0.1) is 12.3 Å². The molecule has 0 aliphatic carbocycles. The molecule has 124 valence electrons. The second-order valence-corrected chi connectivity index (χ2v) is 5.92. The molecule has 2 aliphatic rings. The molecule has 4 unspecified atom stereocenters. The number of nitrogens with zero attached hydrogens (tertiary/aromatic N) is 4. The van der Waals surface area contributed by atoms with E-state index in [1.54, 1.807) is 10.8 Å². The van der Waals surface area contributed by atoms with Gasteiger partial charge < -0.3 is 26.0 Å². The quantitative estimate of drug-likeness (QED) is 0.520. The molecule has 9 heteroatoms. The lowest BCUT2D eigenvalue weighted by Gasteiger charge is -2.16. The maximum Gasteiger partial charge on any atom is 0.315 e. The van der Waals surface area contributed by atoms with Crippen molar-refractivity contribution in [1.82, 2.24) is 15.3 Å². The lowest BCUT2D eigenvalue weighted by atomic mass is 10.1. The van der Waals surface area contributed by atoms with Crippen molar-refractivity contribution in [2.24, 2.45) is 4.99 Å². The minimum Gasteiger partial charge on any atom is -0.388 e. The number of aliphatic hydroxyl groups excluding tert-OH is 2. The number of rotatable bonds is 4. The first kappa shape index (κ1) is 15.9. The third-order valence-electron chi connectivity index (χ3n) is 3.82. The number of nitrogens with two attached hydrogens (primary N) is 1. The maximum absolute atomic E-state index is 10.2. The van der Waals surface area contributed by atoms with Crippen molar-refractivity contribution in [2.45, 2.75) is 44.3 Å². The zero-order valence-corrected chi connectivity index (χ0v) is 13.0. The molecule has 0 aromatic carbocycles. The Morgan fingerprint density at radius 2 is 2.17 bits per heavy atom. The van der Waals surface area contributed by atoms with Crippen molar-refractivity contribution < 1.29 is 19.5 Å². The summed E-state index contributed by atoms with van der Waals surface area (Å²) in [7, 11) is 0. The normalized spacial score (nSPS) is 31.3. The fraction of sp³-hybridized carbons (Fsp3) is 0.571. The Kier molecular flexibility index (Phi) is 4.35. The Morgan fingerprint density at radius 1 is 1.39 bits per heavy atom. The van der Waals surface area contributed by atoms with E-state index in [1.165, 1.54) is 12.7 Å². The van der Waals surface area contributed by atoms with Gasteiger partial charge in [-0.05, 0) is 0 Å². The molecular weight excluding hydrogens is 300 g/mol.